The summed E-state index contributed by atoms with van der Waals surface area (Å²) in [5, 5.41) is 55.0. The van der Waals surface area contributed by atoms with E-state index in [2.05, 4.69) is 10.3 Å². The van der Waals surface area contributed by atoms with E-state index >= 15 is 0 Å². The third-order valence-electron chi connectivity index (χ3n) is 3.80. The Morgan fingerprint density at radius 1 is 1.14 bits per heavy atom. The summed E-state index contributed by atoms with van der Waals surface area (Å²) >= 11 is 0. The predicted molar refractivity (Wildman–Crippen MR) is 71.0 cm³/mol. The van der Waals surface area contributed by atoms with E-state index in [0.717, 1.165) is 0 Å². The van der Waals surface area contributed by atoms with Gasteiger partial charge in [0.2, 0.25) is 0 Å². The number of aliphatic hydroxyl groups excluding tert-OH is 5. The molecule has 9 nitrogen and oxygen atoms in total. The molecule has 0 bridgehead atoms. The molecule has 0 radical (unpaired) electrons. The number of aryl methyl sites for hydroxylation is 1. The molecular formula is C12H22N4O5. The van der Waals surface area contributed by atoms with Crippen LogP contribution in [0.5, 0.6) is 0 Å². The van der Waals surface area contributed by atoms with Crippen LogP contribution < -0.4 is 0 Å². The van der Waals surface area contributed by atoms with Gasteiger partial charge in [-0.15, -0.1) is 5.10 Å². The topological polar surface area (TPSA) is 135 Å². The van der Waals surface area contributed by atoms with Gasteiger partial charge in [-0.3, -0.25) is 9.58 Å². The highest BCUT2D eigenvalue weighted by Crippen LogP contribution is 2.19. The minimum absolute atomic E-state index is 0.158. The van der Waals surface area contributed by atoms with Crippen molar-refractivity contribution >= 4 is 0 Å². The van der Waals surface area contributed by atoms with E-state index in [1.54, 1.807) is 15.8 Å². The Hall–Kier alpha value is -1.10. The largest absolute Gasteiger partial charge is 0.395 e. The monoisotopic (exact) mass is 302 g/mol. The first-order valence-electron chi connectivity index (χ1n) is 6.95. The molecule has 120 valence electrons. The van der Waals surface area contributed by atoms with Crippen molar-refractivity contribution in [3.8, 4) is 0 Å². The van der Waals surface area contributed by atoms with Crippen molar-refractivity contribution in [1.82, 2.24) is 19.9 Å². The Balaban J connectivity index is 1.86. The molecule has 2 rings (SSSR count). The first kappa shape index (κ1) is 16.3. The Bertz CT molecular complexity index is 443. The highest BCUT2D eigenvalue weighted by Gasteiger charge is 2.40. The molecule has 1 aromatic heterocycles. The van der Waals surface area contributed by atoms with Crippen LogP contribution >= 0.6 is 0 Å². The molecule has 0 aromatic carbocycles. The standard InChI is InChI=1S/C12H22N4O5/c17-6-8-4-16(14-13-8)3-1-2-15-5-10(19)12(21)11(20)9(15)7-18/h4,9-12,17-21H,1-3,5-7H2/t9-,10+,11-,12-/m1/s1. The zero-order valence-electron chi connectivity index (χ0n) is 11.7. The van der Waals surface area contributed by atoms with Gasteiger partial charge in [-0.25, -0.2) is 0 Å². The fraction of sp³-hybridized carbons (Fsp3) is 0.833. The maximum absolute atomic E-state index is 9.86. The average Bonchev–Trinajstić information content (AvgIpc) is 2.93. The first-order chi connectivity index (χ1) is 10.1. The number of aliphatic hydroxyl groups is 5. The molecule has 1 fully saturated rings. The molecule has 0 aliphatic carbocycles. The summed E-state index contributed by atoms with van der Waals surface area (Å²) in [4.78, 5) is 1.76. The number of hydrogen-bond acceptors (Lipinski definition) is 8. The second kappa shape index (κ2) is 7.25. The van der Waals surface area contributed by atoms with Gasteiger partial charge in [0.1, 0.15) is 17.9 Å². The van der Waals surface area contributed by atoms with Crippen LogP contribution in [0.4, 0.5) is 0 Å². The minimum atomic E-state index is -1.24. The molecule has 1 aliphatic rings. The summed E-state index contributed by atoms with van der Waals surface area (Å²) in [7, 11) is 0. The number of rotatable bonds is 6. The average molecular weight is 302 g/mol. The van der Waals surface area contributed by atoms with Crippen molar-refractivity contribution in [1.29, 1.82) is 0 Å². The smallest absolute Gasteiger partial charge is 0.109 e. The number of β-amino-alcohol motifs (C(OH)–C–C–N with tert-alkyl or cyclic N) is 1. The number of nitrogens with zero attached hydrogens (tertiary/aromatic N) is 4. The van der Waals surface area contributed by atoms with Crippen LogP contribution in [0.1, 0.15) is 12.1 Å². The molecule has 0 amide bonds. The lowest BCUT2D eigenvalue weighted by Gasteiger charge is -2.43. The van der Waals surface area contributed by atoms with Crippen molar-refractivity contribution in [2.75, 3.05) is 19.7 Å². The van der Waals surface area contributed by atoms with Crippen molar-refractivity contribution < 1.29 is 25.5 Å². The molecule has 9 heteroatoms. The maximum Gasteiger partial charge on any atom is 0.109 e. The Labute approximate surface area is 122 Å². The van der Waals surface area contributed by atoms with E-state index in [1.165, 1.54) is 0 Å². The van der Waals surface area contributed by atoms with E-state index in [4.69, 9.17) is 5.11 Å². The Morgan fingerprint density at radius 3 is 2.52 bits per heavy atom. The molecule has 1 saturated heterocycles. The van der Waals surface area contributed by atoms with E-state index in [-0.39, 0.29) is 19.8 Å². The van der Waals surface area contributed by atoms with Crippen LogP contribution in [-0.4, -0.2) is 89.5 Å². The quantitative estimate of drug-likeness (QED) is 0.373. The van der Waals surface area contributed by atoms with Crippen LogP contribution in [0.15, 0.2) is 6.20 Å². The minimum Gasteiger partial charge on any atom is -0.395 e. The predicted octanol–water partition coefficient (Wildman–Crippen LogP) is -3.08. The second-order valence-corrected chi connectivity index (χ2v) is 5.28. The number of likely N-dealkylation sites (tertiary alicyclic amines) is 1. The Kier molecular flexibility index (Phi) is 5.62. The molecule has 0 spiro atoms. The van der Waals surface area contributed by atoms with E-state index in [0.29, 0.717) is 25.2 Å². The van der Waals surface area contributed by atoms with E-state index in [9.17, 15) is 20.4 Å². The van der Waals surface area contributed by atoms with Gasteiger partial charge >= 0.3 is 0 Å². The van der Waals surface area contributed by atoms with Gasteiger partial charge in [-0.1, -0.05) is 5.21 Å². The van der Waals surface area contributed by atoms with Crippen LogP contribution in [0.25, 0.3) is 0 Å². The fourth-order valence-electron chi connectivity index (χ4n) is 2.59. The lowest BCUT2D eigenvalue weighted by Crippen LogP contribution is -2.62. The van der Waals surface area contributed by atoms with Crippen LogP contribution in [0, 0.1) is 0 Å². The second-order valence-electron chi connectivity index (χ2n) is 5.28. The Morgan fingerprint density at radius 2 is 1.90 bits per heavy atom. The van der Waals surface area contributed by atoms with Gasteiger partial charge in [0.05, 0.1) is 31.6 Å². The lowest BCUT2D eigenvalue weighted by atomic mass is 9.94. The molecule has 4 atom stereocenters. The van der Waals surface area contributed by atoms with E-state index < -0.39 is 24.4 Å². The lowest BCUT2D eigenvalue weighted by molar-refractivity contribution is -0.145. The molecule has 2 heterocycles. The van der Waals surface area contributed by atoms with Crippen molar-refractivity contribution in [2.45, 2.75) is 43.9 Å². The molecule has 0 saturated carbocycles. The van der Waals surface area contributed by atoms with Gasteiger partial charge in [0.15, 0.2) is 0 Å². The molecule has 0 unspecified atom stereocenters. The number of piperidine rings is 1. The summed E-state index contributed by atoms with van der Waals surface area (Å²) in [6.07, 6.45) is -1.13. The third-order valence-corrected chi connectivity index (χ3v) is 3.80. The number of aromatic nitrogens is 3. The zero-order chi connectivity index (χ0) is 15.4. The first-order valence-corrected chi connectivity index (χ1v) is 6.95. The van der Waals surface area contributed by atoms with E-state index in [1.807, 2.05) is 0 Å². The third kappa shape index (κ3) is 3.76. The molecule has 1 aromatic rings. The summed E-state index contributed by atoms with van der Waals surface area (Å²) < 4.78 is 1.60. The summed E-state index contributed by atoms with van der Waals surface area (Å²) in [6, 6.07) is -0.591. The molecular weight excluding hydrogens is 280 g/mol. The summed E-state index contributed by atoms with van der Waals surface area (Å²) in [6.45, 7) is 0.845. The van der Waals surface area contributed by atoms with Crippen LogP contribution in [0.3, 0.4) is 0 Å². The highest BCUT2D eigenvalue weighted by atomic mass is 16.4. The van der Waals surface area contributed by atoms with Crippen molar-refractivity contribution in [3.05, 3.63) is 11.9 Å². The normalized spacial score (nSPS) is 30.7. The molecule has 21 heavy (non-hydrogen) atoms. The highest BCUT2D eigenvalue weighted by molar-refractivity contribution is 4.94. The fourth-order valence-corrected chi connectivity index (χ4v) is 2.59. The summed E-state index contributed by atoms with van der Waals surface area (Å²) in [5.74, 6) is 0. The number of hydrogen-bond donors (Lipinski definition) is 5. The molecule has 1 aliphatic heterocycles. The zero-order valence-corrected chi connectivity index (χ0v) is 11.7. The van der Waals surface area contributed by atoms with Crippen LogP contribution in [-0.2, 0) is 13.2 Å². The SMILES string of the molecule is OCc1cn(CCCN2C[C@H](O)[C@@H](O)[C@H](O)[C@H]2CO)nn1. The van der Waals surface area contributed by atoms with Crippen LogP contribution in [0.2, 0.25) is 0 Å². The van der Waals surface area contributed by atoms with Gasteiger partial charge in [0, 0.05) is 19.6 Å². The van der Waals surface area contributed by atoms with Gasteiger partial charge in [0.25, 0.3) is 0 Å². The van der Waals surface area contributed by atoms with Gasteiger partial charge in [-0.2, -0.15) is 0 Å². The van der Waals surface area contributed by atoms with Crippen molar-refractivity contribution in [3.63, 3.8) is 0 Å². The van der Waals surface area contributed by atoms with Gasteiger partial charge in [-0.05, 0) is 6.42 Å². The summed E-state index contributed by atoms with van der Waals surface area (Å²) in [5.41, 5.74) is 0.496. The molecule has 5 N–H and O–H groups in total. The van der Waals surface area contributed by atoms with Crippen molar-refractivity contribution in [2.24, 2.45) is 0 Å². The maximum atomic E-state index is 9.86. The van der Waals surface area contributed by atoms with Gasteiger partial charge < -0.3 is 25.5 Å².